The molecule has 0 fully saturated rings. The summed E-state index contributed by atoms with van der Waals surface area (Å²) in [5.74, 6) is -1.03. The zero-order chi connectivity index (χ0) is 14.8. The predicted molar refractivity (Wildman–Crippen MR) is 75.8 cm³/mol. The fourth-order valence-electron chi connectivity index (χ4n) is 2.24. The van der Waals surface area contributed by atoms with Crippen molar-refractivity contribution in [3.8, 4) is 0 Å². The van der Waals surface area contributed by atoms with Crippen molar-refractivity contribution in [3.63, 3.8) is 0 Å². The SMILES string of the molecule is CC(C)(C)c1c(C(=O)O)nnn1CCc1ccccc1. The molecule has 106 valence electrons. The number of aromatic nitrogens is 3. The monoisotopic (exact) mass is 273 g/mol. The van der Waals surface area contributed by atoms with Crippen LogP contribution in [-0.4, -0.2) is 26.1 Å². The lowest BCUT2D eigenvalue weighted by Gasteiger charge is -2.20. The minimum atomic E-state index is -1.03. The van der Waals surface area contributed by atoms with E-state index < -0.39 is 5.97 Å². The number of hydrogen-bond acceptors (Lipinski definition) is 3. The van der Waals surface area contributed by atoms with E-state index in [1.54, 1.807) is 4.68 Å². The predicted octanol–water partition coefficient (Wildman–Crippen LogP) is 2.52. The van der Waals surface area contributed by atoms with Crippen molar-refractivity contribution in [1.82, 2.24) is 15.0 Å². The van der Waals surface area contributed by atoms with Crippen LogP contribution in [0.2, 0.25) is 0 Å². The Kier molecular flexibility index (Phi) is 3.88. The number of benzene rings is 1. The maximum absolute atomic E-state index is 11.2. The molecule has 1 aromatic carbocycles. The Hall–Kier alpha value is -2.17. The summed E-state index contributed by atoms with van der Waals surface area (Å²) in [6, 6.07) is 10.0. The average molecular weight is 273 g/mol. The molecule has 0 atom stereocenters. The number of aromatic carboxylic acids is 1. The summed E-state index contributed by atoms with van der Waals surface area (Å²) in [6.07, 6.45) is 0.798. The molecule has 20 heavy (non-hydrogen) atoms. The molecule has 1 heterocycles. The van der Waals surface area contributed by atoms with Gasteiger partial charge in [-0.15, -0.1) is 5.10 Å². The number of carboxylic acids is 1. The van der Waals surface area contributed by atoms with E-state index in [-0.39, 0.29) is 11.1 Å². The van der Waals surface area contributed by atoms with Crippen LogP contribution in [0.4, 0.5) is 0 Å². The van der Waals surface area contributed by atoms with Crippen molar-refractivity contribution < 1.29 is 9.90 Å². The van der Waals surface area contributed by atoms with E-state index in [0.717, 1.165) is 6.42 Å². The lowest BCUT2D eigenvalue weighted by molar-refractivity contribution is 0.0687. The van der Waals surface area contributed by atoms with Crippen molar-refractivity contribution in [2.45, 2.75) is 39.2 Å². The number of carbonyl (C=O) groups is 1. The Morgan fingerprint density at radius 1 is 1.25 bits per heavy atom. The Bertz CT molecular complexity index is 597. The second kappa shape index (κ2) is 5.45. The first-order chi connectivity index (χ1) is 9.39. The molecule has 0 radical (unpaired) electrons. The fourth-order valence-corrected chi connectivity index (χ4v) is 2.24. The van der Waals surface area contributed by atoms with Crippen LogP contribution in [0.3, 0.4) is 0 Å². The van der Waals surface area contributed by atoms with Gasteiger partial charge in [0.25, 0.3) is 0 Å². The van der Waals surface area contributed by atoms with Crippen molar-refractivity contribution in [2.24, 2.45) is 0 Å². The summed E-state index contributed by atoms with van der Waals surface area (Å²) in [4.78, 5) is 11.2. The lowest BCUT2D eigenvalue weighted by atomic mass is 9.90. The van der Waals surface area contributed by atoms with Gasteiger partial charge in [-0.3, -0.25) is 0 Å². The van der Waals surface area contributed by atoms with Crippen molar-refractivity contribution >= 4 is 5.97 Å². The molecule has 0 saturated carbocycles. The van der Waals surface area contributed by atoms with Crippen LogP contribution in [0.15, 0.2) is 30.3 Å². The molecule has 0 aliphatic rings. The van der Waals surface area contributed by atoms with Gasteiger partial charge in [-0.1, -0.05) is 56.3 Å². The zero-order valence-electron chi connectivity index (χ0n) is 12.0. The van der Waals surface area contributed by atoms with Crippen LogP contribution >= 0.6 is 0 Å². The molecule has 0 aliphatic carbocycles. The number of hydrogen-bond donors (Lipinski definition) is 1. The molecular formula is C15H19N3O2. The van der Waals surface area contributed by atoms with Gasteiger partial charge in [-0.25, -0.2) is 9.48 Å². The standard InChI is InChI=1S/C15H19N3O2/c1-15(2,3)13-12(14(19)20)16-17-18(13)10-9-11-7-5-4-6-8-11/h4-8H,9-10H2,1-3H3,(H,19,20). The number of nitrogens with zero attached hydrogens (tertiary/aromatic N) is 3. The smallest absolute Gasteiger partial charge is 0.358 e. The number of aryl methyl sites for hydroxylation is 2. The van der Waals surface area contributed by atoms with E-state index in [1.807, 2.05) is 51.1 Å². The van der Waals surface area contributed by atoms with Gasteiger partial charge in [0, 0.05) is 12.0 Å². The minimum Gasteiger partial charge on any atom is -0.476 e. The number of rotatable bonds is 4. The molecule has 1 N–H and O–H groups in total. The molecule has 2 rings (SSSR count). The topological polar surface area (TPSA) is 68.0 Å². The van der Waals surface area contributed by atoms with Gasteiger partial charge >= 0.3 is 5.97 Å². The Labute approximate surface area is 118 Å². The van der Waals surface area contributed by atoms with Crippen LogP contribution in [0.1, 0.15) is 42.5 Å². The fraction of sp³-hybridized carbons (Fsp3) is 0.400. The van der Waals surface area contributed by atoms with Gasteiger partial charge in [0.15, 0.2) is 5.69 Å². The number of carboxylic acid groups (broad SMARTS) is 1. The first kappa shape index (κ1) is 14.2. The molecule has 0 bridgehead atoms. The van der Waals surface area contributed by atoms with Crippen molar-refractivity contribution in [1.29, 1.82) is 0 Å². The summed E-state index contributed by atoms with van der Waals surface area (Å²) < 4.78 is 1.70. The molecule has 5 heteroatoms. The third kappa shape index (κ3) is 3.04. The summed E-state index contributed by atoms with van der Waals surface area (Å²) in [7, 11) is 0. The Morgan fingerprint density at radius 3 is 2.45 bits per heavy atom. The highest BCUT2D eigenvalue weighted by atomic mass is 16.4. The summed E-state index contributed by atoms with van der Waals surface area (Å²) >= 11 is 0. The molecule has 5 nitrogen and oxygen atoms in total. The summed E-state index contributed by atoms with van der Waals surface area (Å²) in [6.45, 7) is 6.53. The highest BCUT2D eigenvalue weighted by Gasteiger charge is 2.28. The largest absolute Gasteiger partial charge is 0.476 e. The van der Waals surface area contributed by atoms with Crippen LogP contribution in [-0.2, 0) is 18.4 Å². The highest BCUT2D eigenvalue weighted by Crippen LogP contribution is 2.24. The van der Waals surface area contributed by atoms with Gasteiger partial charge in [0.05, 0.1) is 5.69 Å². The lowest BCUT2D eigenvalue weighted by Crippen LogP contribution is -2.22. The maximum Gasteiger partial charge on any atom is 0.358 e. The van der Waals surface area contributed by atoms with E-state index in [1.165, 1.54) is 5.56 Å². The van der Waals surface area contributed by atoms with Gasteiger partial charge in [0.1, 0.15) is 0 Å². The zero-order valence-corrected chi connectivity index (χ0v) is 12.0. The molecule has 0 saturated heterocycles. The average Bonchev–Trinajstić information content (AvgIpc) is 2.81. The quantitative estimate of drug-likeness (QED) is 0.929. The van der Waals surface area contributed by atoms with Crippen LogP contribution in [0.25, 0.3) is 0 Å². The van der Waals surface area contributed by atoms with E-state index in [2.05, 4.69) is 10.3 Å². The van der Waals surface area contributed by atoms with Gasteiger partial charge < -0.3 is 5.11 Å². The van der Waals surface area contributed by atoms with Crippen LogP contribution in [0, 0.1) is 0 Å². The van der Waals surface area contributed by atoms with Crippen LogP contribution in [0.5, 0.6) is 0 Å². The minimum absolute atomic E-state index is 0.0468. The Morgan fingerprint density at radius 2 is 1.90 bits per heavy atom. The highest BCUT2D eigenvalue weighted by molar-refractivity contribution is 5.86. The molecule has 0 spiro atoms. The first-order valence-corrected chi connectivity index (χ1v) is 6.61. The molecule has 1 aromatic heterocycles. The third-order valence-electron chi connectivity index (χ3n) is 3.10. The van der Waals surface area contributed by atoms with Crippen molar-refractivity contribution in [2.75, 3.05) is 0 Å². The third-order valence-corrected chi connectivity index (χ3v) is 3.10. The van der Waals surface area contributed by atoms with Gasteiger partial charge in [0.2, 0.25) is 0 Å². The van der Waals surface area contributed by atoms with E-state index in [9.17, 15) is 9.90 Å². The molecular weight excluding hydrogens is 254 g/mol. The molecule has 0 amide bonds. The maximum atomic E-state index is 11.2. The van der Waals surface area contributed by atoms with Gasteiger partial charge in [-0.2, -0.15) is 0 Å². The van der Waals surface area contributed by atoms with E-state index in [0.29, 0.717) is 12.2 Å². The summed E-state index contributed by atoms with van der Waals surface area (Å²) in [5.41, 5.74) is 1.60. The van der Waals surface area contributed by atoms with Crippen molar-refractivity contribution in [3.05, 3.63) is 47.3 Å². The Balaban J connectivity index is 2.26. The summed E-state index contributed by atoms with van der Waals surface area (Å²) in [5, 5.41) is 17.0. The molecule has 0 aliphatic heterocycles. The molecule has 0 unspecified atom stereocenters. The second-order valence-electron chi connectivity index (χ2n) is 5.80. The van der Waals surface area contributed by atoms with Crippen LogP contribution < -0.4 is 0 Å². The van der Waals surface area contributed by atoms with E-state index >= 15 is 0 Å². The normalized spacial score (nSPS) is 11.6. The van der Waals surface area contributed by atoms with Gasteiger partial charge in [-0.05, 0) is 12.0 Å². The molecule has 2 aromatic rings. The second-order valence-corrected chi connectivity index (χ2v) is 5.80. The van der Waals surface area contributed by atoms with E-state index in [4.69, 9.17) is 0 Å². The first-order valence-electron chi connectivity index (χ1n) is 6.61.